The lowest BCUT2D eigenvalue weighted by atomic mass is 9.88. The van der Waals surface area contributed by atoms with Crippen LogP contribution in [0.4, 0.5) is 0 Å². The monoisotopic (exact) mass is 536 g/mol. The first-order valence-electron chi connectivity index (χ1n) is 13.4. The minimum atomic E-state index is -0.365. The molecule has 208 valence electrons. The predicted molar refractivity (Wildman–Crippen MR) is 148 cm³/mol. The smallest absolute Gasteiger partial charge is 0.251 e. The van der Waals surface area contributed by atoms with Gasteiger partial charge in [-0.2, -0.15) is 0 Å². The van der Waals surface area contributed by atoms with Crippen LogP contribution in [-0.2, 0) is 13.1 Å². The fraction of sp³-hybridized carbons (Fsp3) is 0.448. The number of carbonyl (C=O) groups excluding carboxylic acids is 1. The summed E-state index contributed by atoms with van der Waals surface area (Å²) in [5.41, 5.74) is 1.51. The van der Waals surface area contributed by atoms with Crippen LogP contribution in [0.1, 0.15) is 28.8 Å². The van der Waals surface area contributed by atoms with E-state index >= 15 is 0 Å². The van der Waals surface area contributed by atoms with Crippen LogP contribution in [-0.4, -0.2) is 79.6 Å². The van der Waals surface area contributed by atoms with Gasteiger partial charge < -0.3 is 39.4 Å². The number of likely N-dealkylation sites (tertiary alicyclic amines) is 1. The van der Waals surface area contributed by atoms with Gasteiger partial charge in [-0.3, -0.25) is 9.59 Å². The van der Waals surface area contributed by atoms with Crippen molar-refractivity contribution < 1.29 is 24.1 Å². The van der Waals surface area contributed by atoms with Crippen LogP contribution in [0.3, 0.4) is 0 Å². The number of hydrogen-bond donors (Lipinski definition) is 3. The number of aliphatic hydroxyl groups is 1. The van der Waals surface area contributed by atoms with E-state index in [4.69, 9.17) is 14.2 Å². The number of ether oxygens (including phenoxy) is 3. The number of piperidine rings is 1. The van der Waals surface area contributed by atoms with Crippen molar-refractivity contribution in [1.82, 2.24) is 20.1 Å². The number of nitrogens with zero attached hydrogens (tertiary/aromatic N) is 2. The van der Waals surface area contributed by atoms with Gasteiger partial charge in [0.2, 0.25) is 0 Å². The zero-order valence-corrected chi connectivity index (χ0v) is 22.5. The Labute approximate surface area is 227 Å². The Morgan fingerprint density at radius 2 is 1.82 bits per heavy atom. The van der Waals surface area contributed by atoms with Crippen molar-refractivity contribution in [3.8, 4) is 17.2 Å². The highest BCUT2D eigenvalue weighted by molar-refractivity contribution is 6.06. The Kier molecular flexibility index (Phi) is 8.06. The summed E-state index contributed by atoms with van der Waals surface area (Å²) in [6.45, 7) is 4.53. The standard InChI is InChI=1S/C29H36N4O6/c1-30-28(36)23-17-27(35)33(24-16-21(37-2)4-5-22(23)24)12-11-32-9-7-29(19-34,8-10-32)31-18-20-3-6-25-26(15-20)39-14-13-38-25/h3-6,15-17,31,34H,7-14,18-19H2,1-2H3,(H,30,36). The Hall–Kier alpha value is -3.60. The van der Waals surface area contributed by atoms with Gasteiger partial charge in [-0.25, -0.2) is 0 Å². The minimum Gasteiger partial charge on any atom is -0.497 e. The molecule has 3 heterocycles. The number of aromatic nitrogens is 1. The molecule has 39 heavy (non-hydrogen) atoms. The maximum Gasteiger partial charge on any atom is 0.251 e. The van der Waals surface area contributed by atoms with Crippen molar-refractivity contribution in [2.45, 2.75) is 31.5 Å². The van der Waals surface area contributed by atoms with Crippen molar-refractivity contribution in [3.63, 3.8) is 0 Å². The van der Waals surface area contributed by atoms with Crippen molar-refractivity contribution >= 4 is 16.8 Å². The maximum atomic E-state index is 13.1. The zero-order chi connectivity index (χ0) is 27.4. The third kappa shape index (κ3) is 5.73. The average Bonchev–Trinajstić information content (AvgIpc) is 2.99. The summed E-state index contributed by atoms with van der Waals surface area (Å²) in [6.07, 6.45) is 1.57. The highest BCUT2D eigenvalue weighted by Crippen LogP contribution is 2.31. The van der Waals surface area contributed by atoms with Crippen molar-refractivity contribution in [1.29, 1.82) is 0 Å². The van der Waals surface area contributed by atoms with Gasteiger partial charge in [0.05, 0.1) is 24.8 Å². The second kappa shape index (κ2) is 11.6. The molecule has 0 radical (unpaired) electrons. The molecule has 0 spiro atoms. The van der Waals surface area contributed by atoms with Crippen LogP contribution in [0.25, 0.3) is 10.9 Å². The molecule has 0 saturated carbocycles. The van der Waals surface area contributed by atoms with E-state index < -0.39 is 0 Å². The first-order chi connectivity index (χ1) is 18.9. The van der Waals surface area contributed by atoms with Crippen LogP contribution >= 0.6 is 0 Å². The molecule has 0 unspecified atom stereocenters. The number of amides is 1. The molecular weight excluding hydrogens is 500 g/mol. The third-order valence-electron chi connectivity index (χ3n) is 7.82. The molecule has 0 aliphatic carbocycles. The van der Waals surface area contributed by atoms with E-state index in [0.717, 1.165) is 43.0 Å². The molecule has 0 bridgehead atoms. The summed E-state index contributed by atoms with van der Waals surface area (Å²) in [5.74, 6) is 1.86. The molecule has 2 aliphatic heterocycles. The van der Waals surface area contributed by atoms with E-state index in [1.54, 1.807) is 30.9 Å². The number of aliphatic hydroxyl groups excluding tert-OH is 1. The number of methoxy groups -OCH3 is 1. The van der Waals surface area contributed by atoms with E-state index in [2.05, 4.69) is 15.5 Å². The molecule has 3 N–H and O–H groups in total. The van der Waals surface area contributed by atoms with Crippen LogP contribution in [0.5, 0.6) is 17.2 Å². The molecule has 10 nitrogen and oxygen atoms in total. The molecule has 1 fully saturated rings. The summed E-state index contributed by atoms with van der Waals surface area (Å²) in [4.78, 5) is 27.8. The SMILES string of the molecule is CNC(=O)c1cc(=O)n(CCN2CCC(CO)(NCc3ccc4c(c3)OCCO4)CC2)c2cc(OC)ccc12. The summed E-state index contributed by atoms with van der Waals surface area (Å²) in [7, 11) is 3.13. The number of hydrogen-bond acceptors (Lipinski definition) is 8. The number of nitrogens with one attached hydrogen (secondary N) is 2. The summed E-state index contributed by atoms with van der Waals surface area (Å²) in [6, 6.07) is 12.8. The van der Waals surface area contributed by atoms with Crippen molar-refractivity contribution in [2.24, 2.45) is 0 Å². The molecule has 3 aromatic rings. The highest BCUT2D eigenvalue weighted by atomic mass is 16.6. The lowest BCUT2D eigenvalue weighted by Crippen LogP contribution is -2.55. The van der Waals surface area contributed by atoms with Crippen LogP contribution in [0.15, 0.2) is 47.3 Å². The average molecular weight is 537 g/mol. The van der Waals surface area contributed by atoms with Gasteiger partial charge in [0.15, 0.2) is 11.5 Å². The lowest BCUT2D eigenvalue weighted by molar-refractivity contribution is 0.0758. The molecule has 0 atom stereocenters. The normalized spacial score (nSPS) is 16.7. The Morgan fingerprint density at radius 3 is 2.54 bits per heavy atom. The Balaban J connectivity index is 1.24. The molecule has 10 heteroatoms. The minimum absolute atomic E-state index is 0.0518. The predicted octanol–water partition coefficient (Wildman–Crippen LogP) is 1.76. The number of benzene rings is 2. The fourth-order valence-electron chi connectivity index (χ4n) is 5.36. The molecule has 1 saturated heterocycles. The number of fused-ring (bicyclic) bond motifs is 2. The number of carbonyl (C=O) groups is 1. The van der Waals surface area contributed by atoms with Gasteiger partial charge in [-0.15, -0.1) is 0 Å². The quantitative estimate of drug-likeness (QED) is 0.379. The van der Waals surface area contributed by atoms with Gasteiger partial charge in [-0.05, 0) is 42.7 Å². The third-order valence-corrected chi connectivity index (χ3v) is 7.82. The lowest BCUT2D eigenvalue weighted by Gasteiger charge is -2.41. The van der Waals surface area contributed by atoms with Gasteiger partial charge in [0.1, 0.15) is 19.0 Å². The molecule has 1 aromatic heterocycles. The Bertz CT molecular complexity index is 1400. The number of rotatable bonds is 9. The van der Waals surface area contributed by atoms with Crippen LogP contribution in [0.2, 0.25) is 0 Å². The second-order valence-electron chi connectivity index (χ2n) is 10.1. The van der Waals surface area contributed by atoms with Gasteiger partial charge in [0, 0.05) is 62.8 Å². The van der Waals surface area contributed by atoms with Gasteiger partial charge in [-0.1, -0.05) is 6.07 Å². The molecule has 5 rings (SSSR count). The largest absolute Gasteiger partial charge is 0.497 e. The summed E-state index contributed by atoms with van der Waals surface area (Å²) >= 11 is 0. The van der Waals surface area contributed by atoms with Gasteiger partial charge in [0.25, 0.3) is 11.5 Å². The van der Waals surface area contributed by atoms with Gasteiger partial charge >= 0.3 is 0 Å². The van der Waals surface area contributed by atoms with E-state index in [1.807, 2.05) is 24.3 Å². The van der Waals surface area contributed by atoms with Crippen molar-refractivity contribution in [2.75, 3.05) is 53.6 Å². The molecule has 2 aromatic carbocycles. The fourth-order valence-corrected chi connectivity index (χ4v) is 5.36. The summed E-state index contributed by atoms with van der Waals surface area (Å²) < 4.78 is 18.4. The number of pyridine rings is 1. The topological polar surface area (TPSA) is 114 Å². The van der Waals surface area contributed by atoms with E-state index in [1.165, 1.54) is 6.07 Å². The van der Waals surface area contributed by atoms with Crippen LogP contribution < -0.4 is 30.4 Å². The van der Waals surface area contributed by atoms with E-state index in [0.29, 0.717) is 55.1 Å². The van der Waals surface area contributed by atoms with Crippen molar-refractivity contribution in [3.05, 3.63) is 63.9 Å². The maximum absolute atomic E-state index is 13.1. The van der Waals surface area contributed by atoms with E-state index in [9.17, 15) is 14.7 Å². The highest BCUT2D eigenvalue weighted by Gasteiger charge is 2.33. The molecule has 1 amide bonds. The molecule has 2 aliphatic rings. The second-order valence-corrected chi connectivity index (χ2v) is 10.1. The first kappa shape index (κ1) is 27.0. The van der Waals surface area contributed by atoms with E-state index in [-0.39, 0.29) is 23.6 Å². The molecular formula is C29H36N4O6. The first-order valence-corrected chi connectivity index (χ1v) is 13.4. The Morgan fingerprint density at radius 1 is 1.05 bits per heavy atom. The van der Waals surface area contributed by atoms with Crippen LogP contribution in [0, 0.1) is 0 Å². The summed E-state index contributed by atoms with van der Waals surface area (Å²) in [5, 5.41) is 17.2. The zero-order valence-electron chi connectivity index (χ0n) is 22.5.